The van der Waals surface area contributed by atoms with E-state index in [0.29, 0.717) is 12.5 Å². The minimum Gasteiger partial charge on any atom is -0.497 e. The standard InChI is InChI=1S/C19H28N2O3/c1-3-21-8-6-14(7-9-21)12-20-19(22)16-10-15-4-5-17(23-2)11-18(15)24-13-16/h4-5,11,14,16H,3,6-10,12-13H2,1-2H3,(H,20,22)/t16-/m0/s1. The number of rotatable bonds is 5. The molecule has 1 atom stereocenters. The van der Waals surface area contributed by atoms with Gasteiger partial charge < -0.3 is 19.7 Å². The van der Waals surface area contributed by atoms with E-state index in [1.807, 2.05) is 18.2 Å². The summed E-state index contributed by atoms with van der Waals surface area (Å²) in [6, 6.07) is 5.81. The largest absolute Gasteiger partial charge is 0.497 e. The monoisotopic (exact) mass is 332 g/mol. The third-order valence-electron chi connectivity index (χ3n) is 5.27. The molecule has 0 aromatic heterocycles. The lowest BCUT2D eigenvalue weighted by molar-refractivity contribution is -0.126. The number of hydrogen-bond acceptors (Lipinski definition) is 4. The van der Waals surface area contributed by atoms with E-state index in [9.17, 15) is 4.79 Å². The zero-order valence-corrected chi connectivity index (χ0v) is 14.7. The van der Waals surface area contributed by atoms with Gasteiger partial charge in [-0.25, -0.2) is 0 Å². The van der Waals surface area contributed by atoms with Crippen molar-refractivity contribution in [2.24, 2.45) is 11.8 Å². The van der Waals surface area contributed by atoms with Gasteiger partial charge in [0.2, 0.25) is 5.91 Å². The molecule has 0 spiro atoms. The number of amides is 1. The van der Waals surface area contributed by atoms with Gasteiger partial charge in [0.25, 0.3) is 0 Å². The zero-order chi connectivity index (χ0) is 16.9. The van der Waals surface area contributed by atoms with E-state index in [0.717, 1.165) is 49.7 Å². The number of carbonyl (C=O) groups is 1. The minimum absolute atomic E-state index is 0.0957. The zero-order valence-electron chi connectivity index (χ0n) is 14.7. The number of likely N-dealkylation sites (tertiary alicyclic amines) is 1. The molecule has 3 rings (SSSR count). The maximum Gasteiger partial charge on any atom is 0.226 e. The average molecular weight is 332 g/mol. The molecule has 1 fully saturated rings. The highest BCUT2D eigenvalue weighted by Gasteiger charge is 2.27. The minimum atomic E-state index is -0.0957. The summed E-state index contributed by atoms with van der Waals surface area (Å²) in [6.45, 7) is 6.88. The molecule has 0 bridgehead atoms. The summed E-state index contributed by atoms with van der Waals surface area (Å²) in [5, 5.41) is 3.15. The van der Waals surface area contributed by atoms with Gasteiger partial charge in [0.1, 0.15) is 18.1 Å². The Balaban J connectivity index is 1.48. The molecule has 1 aromatic carbocycles. The molecule has 2 aliphatic heterocycles. The maximum atomic E-state index is 12.5. The summed E-state index contributed by atoms with van der Waals surface area (Å²) in [4.78, 5) is 14.9. The molecule has 1 saturated heterocycles. The molecule has 0 saturated carbocycles. The van der Waals surface area contributed by atoms with Crippen molar-refractivity contribution in [1.29, 1.82) is 0 Å². The van der Waals surface area contributed by atoms with Gasteiger partial charge in [-0.05, 0) is 56.4 Å². The van der Waals surface area contributed by atoms with E-state index in [-0.39, 0.29) is 11.8 Å². The number of carbonyl (C=O) groups excluding carboxylic acids is 1. The molecular formula is C19H28N2O3. The normalized spacial score (nSPS) is 21.7. The van der Waals surface area contributed by atoms with Crippen LogP contribution in [0, 0.1) is 11.8 Å². The van der Waals surface area contributed by atoms with Crippen LogP contribution in [-0.2, 0) is 11.2 Å². The molecule has 1 aromatic rings. The first kappa shape index (κ1) is 17.1. The number of nitrogens with zero attached hydrogens (tertiary/aromatic N) is 1. The van der Waals surface area contributed by atoms with Crippen molar-refractivity contribution >= 4 is 5.91 Å². The predicted molar refractivity (Wildman–Crippen MR) is 93.5 cm³/mol. The molecule has 1 amide bonds. The van der Waals surface area contributed by atoms with Crippen LogP contribution in [0.1, 0.15) is 25.3 Å². The summed E-state index contributed by atoms with van der Waals surface area (Å²) in [7, 11) is 1.64. The van der Waals surface area contributed by atoms with Gasteiger partial charge in [0.15, 0.2) is 0 Å². The molecule has 2 aliphatic rings. The Morgan fingerprint density at radius 1 is 1.38 bits per heavy atom. The van der Waals surface area contributed by atoms with Crippen molar-refractivity contribution in [3.8, 4) is 11.5 Å². The Kier molecular flexibility index (Phi) is 5.61. The Morgan fingerprint density at radius 2 is 2.17 bits per heavy atom. The first-order chi connectivity index (χ1) is 11.7. The molecule has 0 radical (unpaired) electrons. The molecule has 132 valence electrons. The second-order valence-corrected chi connectivity index (χ2v) is 6.81. The van der Waals surface area contributed by atoms with Crippen LogP contribution in [0.25, 0.3) is 0 Å². The average Bonchev–Trinajstić information content (AvgIpc) is 2.65. The lowest BCUT2D eigenvalue weighted by atomic mass is 9.94. The van der Waals surface area contributed by atoms with Crippen LogP contribution in [0.3, 0.4) is 0 Å². The van der Waals surface area contributed by atoms with Crippen molar-refractivity contribution in [2.45, 2.75) is 26.2 Å². The van der Waals surface area contributed by atoms with Crippen LogP contribution in [0.5, 0.6) is 11.5 Å². The third kappa shape index (κ3) is 4.01. The van der Waals surface area contributed by atoms with Crippen molar-refractivity contribution in [1.82, 2.24) is 10.2 Å². The Morgan fingerprint density at radius 3 is 2.88 bits per heavy atom. The Hall–Kier alpha value is -1.75. The fourth-order valence-electron chi connectivity index (χ4n) is 3.54. The van der Waals surface area contributed by atoms with Crippen LogP contribution >= 0.6 is 0 Å². The van der Waals surface area contributed by atoms with Gasteiger partial charge in [0, 0.05) is 12.6 Å². The third-order valence-corrected chi connectivity index (χ3v) is 5.27. The van der Waals surface area contributed by atoms with Gasteiger partial charge in [-0.15, -0.1) is 0 Å². The molecule has 1 N–H and O–H groups in total. The number of benzene rings is 1. The van der Waals surface area contributed by atoms with E-state index in [4.69, 9.17) is 9.47 Å². The highest BCUT2D eigenvalue weighted by molar-refractivity contribution is 5.79. The molecule has 2 heterocycles. The van der Waals surface area contributed by atoms with Crippen LogP contribution < -0.4 is 14.8 Å². The maximum absolute atomic E-state index is 12.5. The first-order valence-corrected chi connectivity index (χ1v) is 8.99. The van der Waals surface area contributed by atoms with Crippen LogP contribution in [0.4, 0.5) is 0 Å². The van der Waals surface area contributed by atoms with Gasteiger partial charge in [-0.2, -0.15) is 0 Å². The number of fused-ring (bicyclic) bond motifs is 1. The lowest BCUT2D eigenvalue weighted by Crippen LogP contribution is -2.42. The lowest BCUT2D eigenvalue weighted by Gasteiger charge is -2.31. The summed E-state index contributed by atoms with van der Waals surface area (Å²) >= 11 is 0. The number of nitrogens with one attached hydrogen (secondary N) is 1. The fourth-order valence-corrected chi connectivity index (χ4v) is 3.54. The molecule has 0 unspecified atom stereocenters. The molecule has 0 aliphatic carbocycles. The van der Waals surface area contributed by atoms with Crippen molar-refractivity contribution in [2.75, 3.05) is 39.9 Å². The van der Waals surface area contributed by atoms with E-state index in [1.165, 1.54) is 12.8 Å². The van der Waals surface area contributed by atoms with Crippen LogP contribution in [-0.4, -0.2) is 50.7 Å². The van der Waals surface area contributed by atoms with Gasteiger partial charge in [-0.1, -0.05) is 13.0 Å². The Bertz CT molecular complexity index is 568. The smallest absolute Gasteiger partial charge is 0.226 e. The number of methoxy groups -OCH3 is 1. The van der Waals surface area contributed by atoms with Crippen LogP contribution in [0.2, 0.25) is 0 Å². The topological polar surface area (TPSA) is 50.8 Å². The van der Waals surface area contributed by atoms with Crippen molar-refractivity contribution in [3.63, 3.8) is 0 Å². The van der Waals surface area contributed by atoms with Crippen molar-refractivity contribution in [3.05, 3.63) is 23.8 Å². The van der Waals surface area contributed by atoms with Gasteiger partial charge >= 0.3 is 0 Å². The van der Waals surface area contributed by atoms with Crippen molar-refractivity contribution < 1.29 is 14.3 Å². The van der Waals surface area contributed by atoms with Crippen LogP contribution in [0.15, 0.2) is 18.2 Å². The summed E-state index contributed by atoms with van der Waals surface area (Å²) < 4.78 is 11.0. The highest BCUT2D eigenvalue weighted by atomic mass is 16.5. The quantitative estimate of drug-likeness (QED) is 0.897. The molecule has 24 heavy (non-hydrogen) atoms. The SMILES string of the molecule is CCN1CCC(CNC(=O)[C@@H]2COc3cc(OC)ccc3C2)CC1. The predicted octanol–water partition coefficient (Wildman–Crippen LogP) is 2.09. The fraction of sp³-hybridized carbons (Fsp3) is 0.632. The number of hydrogen-bond donors (Lipinski definition) is 1. The second-order valence-electron chi connectivity index (χ2n) is 6.81. The summed E-state index contributed by atoms with van der Waals surface area (Å²) in [5.41, 5.74) is 1.08. The molecule has 5 nitrogen and oxygen atoms in total. The second kappa shape index (κ2) is 7.88. The summed E-state index contributed by atoms with van der Waals surface area (Å²) in [5.74, 6) is 2.26. The Labute approximate surface area is 144 Å². The number of ether oxygens (including phenoxy) is 2. The number of piperidine rings is 1. The summed E-state index contributed by atoms with van der Waals surface area (Å²) in [6.07, 6.45) is 3.09. The van der Waals surface area contributed by atoms with Gasteiger partial charge in [-0.3, -0.25) is 4.79 Å². The van der Waals surface area contributed by atoms with Gasteiger partial charge in [0.05, 0.1) is 13.0 Å². The first-order valence-electron chi connectivity index (χ1n) is 8.99. The highest BCUT2D eigenvalue weighted by Crippen LogP contribution is 2.31. The molecule has 5 heteroatoms. The molecular weight excluding hydrogens is 304 g/mol. The van der Waals surface area contributed by atoms with E-state index in [2.05, 4.69) is 17.1 Å². The van der Waals surface area contributed by atoms with E-state index >= 15 is 0 Å². The van der Waals surface area contributed by atoms with E-state index < -0.39 is 0 Å². The van der Waals surface area contributed by atoms with E-state index in [1.54, 1.807) is 7.11 Å².